The minimum Gasteiger partial charge on any atom is -0.466 e. The van der Waals surface area contributed by atoms with Crippen molar-refractivity contribution in [1.82, 2.24) is 0 Å². The summed E-state index contributed by atoms with van der Waals surface area (Å²) in [6.07, 6.45) is 0.695. The first-order valence-electron chi connectivity index (χ1n) is 5.50. The fraction of sp³-hybridized carbons (Fsp3) is 0.417. The summed E-state index contributed by atoms with van der Waals surface area (Å²) in [6, 6.07) is 7.77. The second-order valence-corrected chi connectivity index (χ2v) is 4.01. The summed E-state index contributed by atoms with van der Waals surface area (Å²) < 4.78 is 4.92. The molecule has 0 bridgehead atoms. The summed E-state index contributed by atoms with van der Waals surface area (Å²) in [5.74, 6) is -0.112. The van der Waals surface area contributed by atoms with Crippen LogP contribution in [0, 0.1) is 0 Å². The van der Waals surface area contributed by atoms with E-state index in [1.807, 2.05) is 24.3 Å². The molecule has 0 amide bonds. The Morgan fingerprint density at radius 2 is 2.18 bits per heavy atom. The molecule has 5 heteroatoms. The molecule has 0 radical (unpaired) electrons. The van der Waals surface area contributed by atoms with E-state index >= 15 is 0 Å². The SMILES string of the molecule is CC(=O)OCC[C@@H]1c2ccccc2[C@@H]1N=[N+]=[N-]. The zero-order valence-corrected chi connectivity index (χ0v) is 9.54. The summed E-state index contributed by atoms with van der Waals surface area (Å²) in [6.45, 7) is 1.76. The van der Waals surface area contributed by atoms with Gasteiger partial charge in [-0.15, -0.1) is 0 Å². The predicted molar refractivity (Wildman–Crippen MR) is 62.3 cm³/mol. The van der Waals surface area contributed by atoms with Crippen molar-refractivity contribution >= 4 is 5.97 Å². The number of benzene rings is 1. The molecule has 0 unspecified atom stereocenters. The Kier molecular flexibility index (Phi) is 3.30. The zero-order valence-electron chi connectivity index (χ0n) is 9.54. The third-order valence-electron chi connectivity index (χ3n) is 3.01. The van der Waals surface area contributed by atoms with Gasteiger partial charge in [-0.2, -0.15) is 0 Å². The van der Waals surface area contributed by atoms with Crippen molar-refractivity contribution in [1.29, 1.82) is 0 Å². The van der Waals surface area contributed by atoms with Crippen molar-refractivity contribution in [3.05, 3.63) is 45.8 Å². The van der Waals surface area contributed by atoms with Gasteiger partial charge in [-0.3, -0.25) is 4.79 Å². The number of carbonyl (C=O) groups excluding carboxylic acids is 1. The van der Waals surface area contributed by atoms with Crippen LogP contribution in [0.5, 0.6) is 0 Å². The molecule has 1 aliphatic carbocycles. The molecule has 0 saturated heterocycles. The molecule has 2 rings (SSSR count). The number of esters is 1. The minimum atomic E-state index is -0.280. The highest BCUT2D eigenvalue weighted by Crippen LogP contribution is 2.49. The average molecular weight is 231 g/mol. The van der Waals surface area contributed by atoms with Crippen LogP contribution in [-0.2, 0) is 9.53 Å². The summed E-state index contributed by atoms with van der Waals surface area (Å²) >= 11 is 0. The number of rotatable bonds is 4. The number of nitrogens with zero attached hydrogens (tertiary/aromatic N) is 3. The molecule has 17 heavy (non-hydrogen) atoms. The standard InChI is InChI=1S/C12H13N3O2/c1-8(16)17-7-6-11-9-4-2-3-5-10(9)12(11)14-15-13/h2-5,11-12H,6-7H2,1H3/t11-,12+/m1/s1. The van der Waals surface area contributed by atoms with Gasteiger partial charge in [0.25, 0.3) is 0 Å². The van der Waals surface area contributed by atoms with E-state index in [1.54, 1.807) is 0 Å². The minimum absolute atomic E-state index is 0.119. The number of ether oxygens (including phenoxy) is 1. The van der Waals surface area contributed by atoms with Gasteiger partial charge in [0.1, 0.15) is 0 Å². The van der Waals surface area contributed by atoms with Gasteiger partial charge >= 0.3 is 5.97 Å². The van der Waals surface area contributed by atoms with Crippen molar-refractivity contribution in [2.24, 2.45) is 5.11 Å². The molecule has 0 fully saturated rings. The van der Waals surface area contributed by atoms with Crippen LogP contribution in [0.4, 0.5) is 0 Å². The van der Waals surface area contributed by atoms with E-state index in [9.17, 15) is 4.79 Å². The fourth-order valence-electron chi connectivity index (χ4n) is 2.25. The van der Waals surface area contributed by atoms with E-state index in [4.69, 9.17) is 10.3 Å². The number of hydrogen-bond acceptors (Lipinski definition) is 3. The first-order valence-corrected chi connectivity index (χ1v) is 5.50. The highest BCUT2D eigenvalue weighted by Gasteiger charge is 2.36. The Hall–Kier alpha value is -2.00. The third-order valence-corrected chi connectivity index (χ3v) is 3.01. The molecule has 1 aromatic carbocycles. The van der Waals surface area contributed by atoms with Crippen LogP contribution >= 0.6 is 0 Å². The Morgan fingerprint density at radius 1 is 1.47 bits per heavy atom. The van der Waals surface area contributed by atoms with Gasteiger partial charge in [0.15, 0.2) is 0 Å². The van der Waals surface area contributed by atoms with E-state index in [2.05, 4.69) is 10.0 Å². The number of carbonyl (C=O) groups is 1. The van der Waals surface area contributed by atoms with Crippen molar-refractivity contribution in [3.63, 3.8) is 0 Å². The molecular formula is C12H13N3O2. The Bertz CT molecular complexity index is 480. The highest BCUT2D eigenvalue weighted by atomic mass is 16.5. The number of fused-ring (bicyclic) bond motifs is 1. The highest BCUT2D eigenvalue weighted by molar-refractivity contribution is 5.65. The van der Waals surface area contributed by atoms with Gasteiger partial charge in [0.05, 0.1) is 12.6 Å². The van der Waals surface area contributed by atoms with Crippen molar-refractivity contribution in [2.75, 3.05) is 6.61 Å². The molecule has 0 spiro atoms. The van der Waals surface area contributed by atoms with Crippen molar-refractivity contribution in [3.8, 4) is 0 Å². The Balaban J connectivity index is 2.07. The maximum atomic E-state index is 10.7. The second kappa shape index (κ2) is 4.89. The molecule has 1 aromatic rings. The molecule has 0 N–H and O–H groups in total. The average Bonchev–Trinajstić information content (AvgIpc) is 2.31. The maximum absolute atomic E-state index is 10.7. The van der Waals surface area contributed by atoms with Crippen LogP contribution in [0.3, 0.4) is 0 Å². The molecule has 1 aliphatic rings. The van der Waals surface area contributed by atoms with E-state index in [-0.39, 0.29) is 17.9 Å². The van der Waals surface area contributed by atoms with Gasteiger partial charge in [-0.05, 0) is 29.0 Å². The summed E-state index contributed by atoms with van der Waals surface area (Å²) in [5, 5.41) is 3.79. The lowest BCUT2D eigenvalue weighted by atomic mass is 9.72. The maximum Gasteiger partial charge on any atom is 0.302 e. The van der Waals surface area contributed by atoms with E-state index in [0.29, 0.717) is 13.0 Å². The fourth-order valence-corrected chi connectivity index (χ4v) is 2.25. The van der Waals surface area contributed by atoms with Gasteiger partial charge in [-0.1, -0.05) is 29.4 Å². The lowest BCUT2D eigenvalue weighted by Crippen LogP contribution is -2.24. The summed E-state index contributed by atoms with van der Waals surface area (Å²) in [5.41, 5.74) is 10.8. The zero-order chi connectivity index (χ0) is 12.3. The predicted octanol–water partition coefficient (Wildman–Crippen LogP) is 3.09. The van der Waals surface area contributed by atoms with Gasteiger partial charge < -0.3 is 4.74 Å². The molecule has 0 aromatic heterocycles. The number of azide groups is 1. The molecule has 0 aliphatic heterocycles. The molecule has 88 valence electrons. The van der Waals surface area contributed by atoms with E-state index in [1.165, 1.54) is 12.5 Å². The molecular weight excluding hydrogens is 218 g/mol. The molecule has 0 saturated carbocycles. The largest absolute Gasteiger partial charge is 0.466 e. The van der Waals surface area contributed by atoms with Gasteiger partial charge in [-0.25, -0.2) is 0 Å². The van der Waals surface area contributed by atoms with Gasteiger partial charge in [0.2, 0.25) is 0 Å². The summed E-state index contributed by atoms with van der Waals surface area (Å²) in [4.78, 5) is 13.5. The normalized spacial score (nSPS) is 20.8. The van der Waals surface area contributed by atoms with Gasteiger partial charge in [0, 0.05) is 11.8 Å². The molecule has 2 atom stereocenters. The van der Waals surface area contributed by atoms with Crippen LogP contribution in [-0.4, -0.2) is 12.6 Å². The number of hydrogen-bond donors (Lipinski definition) is 0. The first-order chi connectivity index (χ1) is 8.24. The Labute approximate surface area is 99.0 Å². The quantitative estimate of drug-likeness (QED) is 0.345. The second-order valence-electron chi connectivity index (χ2n) is 4.01. The smallest absolute Gasteiger partial charge is 0.302 e. The van der Waals surface area contributed by atoms with Crippen molar-refractivity contribution in [2.45, 2.75) is 25.3 Å². The van der Waals surface area contributed by atoms with E-state index in [0.717, 1.165) is 5.56 Å². The Morgan fingerprint density at radius 3 is 2.82 bits per heavy atom. The molecule has 0 heterocycles. The van der Waals surface area contributed by atoms with Crippen LogP contribution in [0.15, 0.2) is 29.4 Å². The summed E-state index contributed by atoms with van der Waals surface area (Å²) in [7, 11) is 0. The lowest BCUT2D eigenvalue weighted by molar-refractivity contribution is -0.141. The van der Waals surface area contributed by atoms with Crippen LogP contribution < -0.4 is 0 Å². The van der Waals surface area contributed by atoms with Crippen LogP contribution in [0.1, 0.15) is 36.4 Å². The topological polar surface area (TPSA) is 75.1 Å². The monoisotopic (exact) mass is 231 g/mol. The lowest BCUT2D eigenvalue weighted by Gasteiger charge is -2.36. The van der Waals surface area contributed by atoms with Crippen molar-refractivity contribution < 1.29 is 9.53 Å². The third kappa shape index (κ3) is 2.24. The molecule has 5 nitrogen and oxygen atoms in total. The van der Waals surface area contributed by atoms with E-state index < -0.39 is 0 Å². The van der Waals surface area contributed by atoms with Crippen LogP contribution in [0.25, 0.3) is 10.4 Å². The van der Waals surface area contributed by atoms with Crippen LogP contribution in [0.2, 0.25) is 0 Å². The first kappa shape index (κ1) is 11.5.